The Kier molecular flexibility index (Phi) is 63.0. The lowest BCUT2D eigenvalue weighted by molar-refractivity contribution is -0.870. The van der Waals surface area contributed by atoms with Crippen LogP contribution in [0.1, 0.15) is 335 Å². The third-order valence-corrected chi connectivity index (χ3v) is 17.1. The zero-order valence-electron chi connectivity index (χ0n) is 57.3. The highest BCUT2D eigenvalue weighted by Gasteiger charge is 2.30. The van der Waals surface area contributed by atoms with E-state index >= 15 is 0 Å². The van der Waals surface area contributed by atoms with E-state index in [1.54, 1.807) is 0 Å². The number of rotatable bonds is 66. The van der Waals surface area contributed by atoms with Gasteiger partial charge in [-0.05, 0) is 83.1 Å². The molecule has 3 unspecified atom stereocenters. The maximum Gasteiger partial charge on any atom is 0.472 e. The number of carbonyl (C=O) groups excluding carboxylic acids is 2. The van der Waals surface area contributed by atoms with Crippen LogP contribution < -0.4 is 5.32 Å². The van der Waals surface area contributed by atoms with Crippen molar-refractivity contribution in [1.82, 2.24) is 5.32 Å². The molecule has 0 saturated heterocycles. The highest BCUT2D eigenvalue weighted by molar-refractivity contribution is 7.47. The van der Waals surface area contributed by atoms with Gasteiger partial charge in [-0.1, -0.05) is 324 Å². The Bertz CT molecular complexity index is 1750. The number of allylic oxidation sites excluding steroid dienone is 13. The van der Waals surface area contributed by atoms with Gasteiger partial charge in [-0.25, -0.2) is 4.57 Å². The number of hydrogen-bond acceptors (Lipinski definition) is 6. The highest BCUT2D eigenvalue weighted by Crippen LogP contribution is 2.43. The lowest BCUT2D eigenvalue weighted by atomic mass is 10.0. The van der Waals surface area contributed by atoms with Crippen molar-refractivity contribution in [2.75, 3.05) is 40.9 Å². The van der Waals surface area contributed by atoms with Gasteiger partial charge >= 0.3 is 13.8 Å². The number of likely N-dealkylation sites (N-methyl/N-ethyl adjacent to an activating group) is 1. The Morgan fingerprint density at radius 1 is 0.419 bits per heavy atom. The molecule has 0 aromatic heterocycles. The number of unbranched alkanes of at least 4 members (excludes halogenated alkanes) is 38. The van der Waals surface area contributed by atoms with Crippen molar-refractivity contribution >= 4 is 19.7 Å². The van der Waals surface area contributed by atoms with E-state index in [1.165, 1.54) is 180 Å². The number of nitrogens with zero attached hydrogens (tertiary/aromatic N) is 1. The number of carbonyl (C=O) groups is 2. The van der Waals surface area contributed by atoms with E-state index in [0.717, 1.165) is 122 Å². The van der Waals surface area contributed by atoms with Crippen LogP contribution in [-0.2, 0) is 27.9 Å². The normalized spacial score (nSPS) is 14.0. The van der Waals surface area contributed by atoms with E-state index in [2.05, 4.69) is 99.0 Å². The maximum absolute atomic E-state index is 13.6. The molecule has 1 amide bonds. The second kappa shape index (κ2) is 65.2. The van der Waals surface area contributed by atoms with Crippen molar-refractivity contribution in [3.05, 3.63) is 85.1 Å². The van der Waals surface area contributed by atoms with Crippen LogP contribution in [0, 0.1) is 0 Å². The van der Waals surface area contributed by atoms with Gasteiger partial charge < -0.3 is 19.4 Å². The topological polar surface area (TPSA) is 111 Å². The Labute approximate surface area is 533 Å². The molecule has 0 aromatic carbocycles. The van der Waals surface area contributed by atoms with Gasteiger partial charge in [0.2, 0.25) is 5.91 Å². The monoisotopic (exact) mass is 1220 g/mol. The number of hydrogen-bond donors (Lipinski definition) is 2. The molecule has 10 heteroatoms. The largest absolute Gasteiger partial charge is 0.472 e. The Morgan fingerprint density at radius 3 is 1.12 bits per heavy atom. The van der Waals surface area contributed by atoms with Crippen LogP contribution in [0.3, 0.4) is 0 Å². The fourth-order valence-electron chi connectivity index (χ4n) is 10.5. The molecular weight excluding hydrogens is 1080 g/mol. The Hall–Kier alpha value is -2.81. The molecule has 0 fully saturated rings. The molecule has 0 aliphatic carbocycles. The minimum atomic E-state index is -4.46. The van der Waals surface area contributed by atoms with Crippen LogP contribution in [0.4, 0.5) is 0 Å². The summed E-state index contributed by atoms with van der Waals surface area (Å²) in [5, 5.41) is 3.07. The first-order valence-electron chi connectivity index (χ1n) is 36.4. The quantitative estimate of drug-likeness (QED) is 0.0205. The van der Waals surface area contributed by atoms with E-state index < -0.39 is 20.0 Å². The average Bonchev–Trinajstić information content (AvgIpc) is 3.65. The van der Waals surface area contributed by atoms with E-state index in [0.29, 0.717) is 17.4 Å². The molecule has 0 aliphatic rings. The molecule has 0 saturated carbocycles. The molecule has 0 aromatic rings. The molecule has 0 heterocycles. The van der Waals surface area contributed by atoms with Crippen LogP contribution in [0.5, 0.6) is 0 Å². The third kappa shape index (κ3) is 65.6. The van der Waals surface area contributed by atoms with Crippen molar-refractivity contribution in [3.63, 3.8) is 0 Å². The minimum Gasteiger partial charge on any atom is -0.456 e. The molecule has 0 aliphatic heterocycles. The van der Waals surface area contributed by atoms with Crippen molar-refractivity contribution in [2.24, 2.45) is 0 Å². The standard InChI is InChI=1S/C76H139N2O7P/c1-7-10-13-16-19-22-25-28-30-32-34-36-38-39-41-43-45-47-49-51-54-57-60-63-66-69-76(80)85-74(67-64-61-58-55-52-27-24-21-18-15-12-9-3)73(72-84-86(81,82)83-71-70-78(4,5)6)77-75(79)68-65-62-59-56-53-50-48-46-44-42-40-37-35-33-31-29-26-23-20-17-14-11-8-2/h10,13,19,22,28,30,34,36,39,41,45,47,64,67,73-74H,7-9,11-12,14-18,20-21,23-27,29,31-33,35,37-38,40,42-44,46,48-63,65-66,68-72H2,1-6H3,(H-,77,79,81,82)/p+1/b13-10-,22-19-,30-28-,36-34-,41-39-,47-45-,67-64+. The zero-order chi connectivity index (χ0) is 62.8. The van der Waals surface area contributed by atoms with Gasteiger partial charge in [-0.2, -0.15) is 0 Å². The zero-order valence-corrected chi connectivity index (χ0v) is 58.2. The van der Waals surface area contributed by atoms with Gasteiger partial charge in [0.25, 0.3) is 0 Å². The molecule has 2 N–H and O–H groups in total. The number of esters is 1. The second-order valence-electron chi connectivity index (χ2n) is 25.7. The molecule has 0 radical (unpaired) electrons. The minimum absolute atomic E-state index is 0.0362. The maximum atomic E-state index is 13.6. The molecule has 86 heavy (non-hydrogen) atoms. The summed E-state index contributed by atoms with van der Waals surface area (Å²) in [6, 6.07) is -0.858. The number of quaternary nitrogens is 1. The van der Waals surface area contributed by atoms with Crippen LogP contribution in [0.15, 0.2) is 85.1 Å². The first kappa shape index (κ1) is 83.2. The van der Waals surface area contributed by atoms with E-state index in [9.17, 15) is 19.0 Å². The van der Waals surface area contributed by atoms with Crippen LogP contribution in [-0.4, -0.2) is 74.3 Å². The predicted molar refractivity (Wildman–Crippen MR) is 374 cm³/mol. The van der Waals surface area contributed by atoms with Gasteiger partial charge in [0.15, 0.2) is 0 Å². The first-order chi connectivity index (χ1) is 41.9. The number of phosphoric ester groups is 1. The van der Waals surface area contributed by atoms with Crippen molar-refractivity contribution in [2.45, 2.75) is 348 Å². The highest BCUT2D eigenvalue weighted by atomic mass is 31.2. The predicted octanol–water partition coefficient (Wildman–Crippen LogP) is 23.3. The van der Waals surface area contributed by atoms with E-state index in [-0.39, 0.29) is 31.5 Å². The van der Waals surface area contributed by atoms with Gasteiger partial charge in [-0.15, -0.1) is 0 Å². The lowest BCUT2D eigenvalue weighted by Crippen LogP contribution is -2.47. The molecule has 9 nitrogen and oxygen atoms in total. The Balaban J connectivity index is 5.08. The molecule has 500 valence electrons. The molecule has 0 rings (SSSR count). The summed E-state index contributed by atoms with van der Waals surface area (Å²) in [4.78, 5) is 37.9. The SMILES string of the molecule is CC/C=C\C/C=C\C/C=C\C/C=C\C/C=C\C/C=C\CCCCCCCCC(=O)OC(/C=C/CCCCCCCCCCCC)C(COP(=O)(O)OCC[N+](C)(C)C)NC(=O)CCCCCCCCCCCCCCCCCCCCCCCCC. The molecule has 3 atom stereocenters. The smallest absolute Gasteiger partial charge is 0.456 e. The summed E-state index contributed by atoms with van der Waals surface area (Å²) in [7, 11) is 1.49. The summed E-state index contributed by atoms with van der Waals surface area (Å²) in [6.07, 6.45) is 87.4. The average molecular weight is 1220 g/mol. The number of phosphoric acid groups is 1. The summed E-state index contributed by atoms with van der Waals surface area (Å²) >= 11 is 0. The van der Waals surface area contributed by atoms with Crippen LogP contribution >= 0.6 is 7.82 Å². The fraction of sp³-hybridized carbons (Fsp3) is 0.789. The van der Waals surface area contributed by atoms with Crippen LogP contribution in [0.2, 0.25) is 0 Å². The summed E-state index contributed by atoms with van der Waals surface area (Å²) in [5.74, 6) is -0.512. The van der Waals surface area contributed by atoms with Crippen molar-refractivity contribution < 1.29 is 37.3 Å². The molecule has 0 spiro atoms. The third-order valence-electron chi connectivity index (χ3n) is 16.1. The van der Waals surface area contributed by atoms with E-state index in [1.807, 2.05) is 33.3 Å². The summed E-state index contributed by atoms with van der Waals surface area (Å²) in [6.45, 7) is 6.93. The van der Waals surface area contributed by atoms with Gasteiger partial charge in [-0.3, -0.25) is 18.6 Å². The summed E-state index contributed by atoms with van der Waals surface area (Å²) in [5.41, 5.74) is 0. The molecule has 0 bridgehead atoms. The van der Waals surface area contributed by atoms with Gasteiger partial charge in [0.1, 0.15) is 19.3 Å². The second-order valence-corrected chi connectivity index (χ2v) is 27.2. The van der Waals surface area contributed by atoms with Crippen molar-refractivity contribution in [1.29, 1.82) is 0 Å². The van der Waals surface area contributed by atoms with Crippen molar-refractivity contribution in [3.8, 4) is 0 Å². The van der Waals surface area contributed by atoms with Crippen LogP contribution in [0.25, 0.3) is 0 Å². The fourth-order valence-corrected chi connectivity index (χ4v) is 11.3. The first-order valence-corrected chi connectivity index (χ1v) is 37.9. The van der Waals surface area contributed by atoms with Gasteiger partial charge in [0.05, 0.1) is 33.8 Å². The number of ether oxygens (including phenoxy) is 1. The number of nitrogens with one attached hydrogen (secondary N) is 1. The van der Waals surface area contributed by atoms with Gasteiger partial charge in [0, 0.05) is 12.8 Å². The molecular formula is C76H140N2O7P+. The Morgan fingerprint density at radius 2 is 0.744 bits per heavy atom. The number of amides is 1. The van der Waals surface area contributed by atoms with E-state index in [4.69, 9.17) is 13.8 Å². The summed E-state index contributed by atoms with van der Waals surface area (Å²) < 4.78 is 30.8. The lowest BCUT2D eigenvalue weighted by Gasteiger charge is -2.27.